The Morgan fingerprint density at radius 2 is 1.91 bits per heavy atom. The molecule has 0 aliphatic rings. The van der Waals surface area contributed by atoms with Gasteiger partial charge in [-0.1, -0.05) is 0 Å². The molecule has 4 N–H and O–H groups in total. The zero-order valence-electron chi connectivity index (χ0n) is 12.5. The van der Waals surface area contributed by atoms with Crippen LogP contribution in [0, 0.1) is 0 Å². The van der Waals surface area contributed by atoms with Gasteiger partial charge in [-0.25, -0.2) is 0 Å². The van der Waals surface area contributed by atoms with Crippen molar-refractivity contribution in [3.63, 3.8) is 0 Å². The highest BCUT2D eigenvalue weighted by molar-refractivity contribution is 6.25. The molecule has 0 aromatic heterocycles. The van der Waals surface area contributed by atoms with Crippen LogP contribution in [-0.4, -0.2) is 72.6 Å². The molecule has 0 radical (unpaired) electrons. The molecular weight excluding hydrogens is 292 g/mol. The minimum Gasteiger partial charge on any atom is -0.368 e. The number of hydrogen-bond acceptors (Lipinski definition) is 5. The lowest BCUT2D eigenvalue weighted by Crippen LogP contribution is -2.48. The third-order valence-corrected chi connectivity index (χ3v) is 2.47. The number of primary amides is 1. The molecule has 0 rings (SSSR count). The van der Waals surface area contributed by atoms with Crippen molar-refractivity contribution in [2.24, 2.45) is 5.73 Å². The number of nitrogens with zero attached hydrogens (tertiary/aromatic N) is 3. The summed E-state index contributed by atoms with van der Waals surface area (Å²) in [5.74, 6) is -2.26. The predicted molar refractivity (Wildman–Crippen MR) is 76.6 cm³/mol. The molecule has 1 atom stereocenters. The highest BCUT2D eigenvalue weighted by Gasteiger charge is 2.20. The molecule has 3 amide bonds. The third-order valence-electron chi connectivity index (χ3n) is 2.47. The molecule has 0 aliphatic heterocycles. The van der Waals surface area contributed by atoms with Crippen LogP contribution in [-0.2, 0) is 19.2 Å². The van der Waals surface area contributed by atoms with Gasteiger partial charge >= 0.3 is 6.21 Å². The Morgan fingerprint density at radius 3 is 2.41 bits per heavy atom. The standard InChI is InChI=1S/C12H20N6O4/c1-18(2)7-11(21)15-6-10(20)17-9(12(13)22)4-3-8(19)5-16-14/h5,9H,3-4,6-7H2,1-2H3,(H2,13,22)(H,15,21)(H,17,20)/t9-/m0/s1. The quantitative estimate of drug-likeness (QED) is 0.227. The normalized spacial score (nSPS) is 11.2. The lowest BCUT2D eigenvalue weighted by molar-refractivity contribution is -0.129. The molecule has 122 valence electrons. The molecule has 10 nitrogen and oxygen atoms in total. The monoisotopic (exact) mass is 312 g/mol. The van der Waals surface area contributed by atoms with Crippen LogP contribution in [0.4, 0.5) is 0 Å². The molecule has 0 saturated carbocycles. The Hall–Kier alpha value is -2.58. The van der Waals surface area contributed by atoms with Gasteiger partial charge in [0.1, 0.15) is 6.04 Å². The molecule has 10 heteroatoms. The van der Waals surface area contributed by atoms with Gasteiger partial charge in [0, 0.05) is 6.42 Å². The fraction of sp³-hybridized carbons (Fsp3) is 0.583. The fourth-order valence-corrected chi connectivity index (χ4v) is 1.47. The van der Waals surface area contributed by atoms with Gasteiger partial charge in [-0.15, -0.1) is 0 Å². The van der Waals surface area contributed by atoms with Gasteiger partial charge < -0.3 is 26.8 Å². The van der Waals surface area contributed by atoms with Crippen molar-refractivity contribution in [3.05, 3.63) is 5.53 Å². The molecule has 0 fully saturated rings. The molecule has 0 unspecified atom stereocenters. The number of hydrogen-bond donors (Lipinski definition) is 3. The van der Waals surface area contributed by atoms with E-state index in [2.05, 4.69) is 15.4 Å². The first-order valence-electron chi connectivity index (χ1n) is 6.46. The second-order valence-corrected chi connectivity index (χ2v) is 4.79. The van der Waals surface area contributed by atoms with Crippen LogP contribution < -0.4 is 16.4 Å². The minimum atomic E-state index is -1.05. The molecular formula is C12H20N6O4. The van der Waals surface area contributed by atoms with E-state index < -0.39 is 23.6 Å². The highest BCUT2D eigenvalue weighted by atomic mass is 16.2. The summed E-state index contributed by atoms with van der Waals surface area (Å²) in [6.45, 7) is -0.177. The molecule has 0 saturated heterocycles. The first-order valence-corrected chi connectivity index (χ1v) is 6.46. The summed E-state index contributed by atoms with van der Waals surface area (Å²) in [7, 11) is 3.41. The van der Waals surface area contributed by atoms with Crippen molar-refractivity contribution >= 4 is 29.7 Å². The first kappa shape index (κ1) is 19.4. The van der Waals surface area contributed by atoms with Crippen LogP contribution in [0.5, 0.6) is 0 Å². The Morgan fingerprint density at radius 1 is 1.27 bits per heavy atom. The topological polar surface area (TPSA) is 158 Å². The molecule has 0 bridgehead atoms. The van der Waals surface area contributed by atoms with Crippen molar-refractivity contribution in [1.82, 2.24) is 15.5 Å². The molecule has 0 aliphatic carbocycles. The number of likely N-dealkylation sites (N-methyl/N-ethyl adjacent to an activating group) is 1. The van der Waals surface area contributed by atoms with Crippen LogP contribution in [0.3, 0.4) is 0 Å². The number of ketones is 1. The van der Waals surface area contributed by atoms with E-state index in [4.69, 9.17) is 11.3 Å². The van der Waals surface area contributed by atoms with E-state index in [-0.39, 0.29) is 31.8 Å². The van der Waals surface area contributed by atoms with Crippen molar-refractivity contribution in [2.75, 3.05) is 27.2 Å². The van der Waals surface area contributed by atoms with Gasteiger partial charge in [0.2, 0.25) is 23.5 Å². The van der Waals surface area contributed by atoms with Gasteiger partial charge in [0.05, 0.1) is 13.1 Å². The van der Waals surface area contributed by atoms with Crippen LogP contribution in [0.1, 0.15) is 12.8 Å². The number of carbonyl (C=O) groups is 4. The van der Waals surface area contributed by atoms with Crippen molar-refractivity contribution < 1.29 is 24.0 Å². The molecule has 0 aromatic rings. The SMILES string of the molecule is CN(C)CC(=O)NCC(=O)N[C@@H](CCC(=O)C=[N+]=[N-])C(N)=O. The van der Waals surface area contributed by atoms with E-state index >= 15 is 0 Å². The molecule has 0 aromatic carbocycles. The average Bonchev–Trinajstić information content (AvgIpc) is 2.40. The van der Waals surface area contributed by atoms with Gasteiger partial charge in [-0.2, -0.15) is 4.79 Å². The summed E-state index contributed by atoms with van der Waals surface area (Å²) in [6.07, 6.45) is 0.545. The lowest BCUT2D eigenvalue weighted by Gasteiger charge is -2.15. The molecule has 0 heterocycles. The van der Waals surface area contributed by atoms with Crippen LogP contribution in [0.2, 0.25) is 0 Å². The van der Waals surface area contributed by atoms with E-state index in [1.807, 2.05) is 0 Å². The highest BCUT2D eigenvalue weighted by Crippen LogP contribution is 1.97. The Kier molecular flexibility index (Phi) is 9.00. The number of nitrogens with two attached hydrogens (primary N) is 1. The third kappa shape index (κ3) is 9.34. The molecule has 22 heavy (non-hydrogen) atoms. The summed E-state index contributed by atoms with van der Waals surface area (Å²) >= 11 is 0. The zero-order chi connectivity index (χ0) is 17.1. The summed E-state index contributed by atoms with van der Waals surface area (Å²) < 4.78 is 0. The summed E-state index contributed by atoms with van der Waals surface area (Å²) in [6, 6.07) is -1.05. The minimum absolute atomic E-state index is 0.0302. The van der Waals surface area contributed by atoms with Crippen molar-refractivity contribution in [3.8, 4) is 0 Å². The van der Waals surface area contributed by atoms with E-state index in [1.165, 1.54) is 0 Å². The van der Waals surface area contributed by atoms with E-state index in [0.29, 0.717) is 6.21 Å². The maximum atomic E-state index is 11.6. The zero-order valence-corrected chi connectivity index (χ0v) is 12.5. The maximum Gasteiger partial charge on any atom is 0.323 e. The number of rotatable bonds is 10. The van der Waals surface area contributed by atoms with E-state index in [0.717, 1.165) is 0 Å². The largest absolute Gasteiger partial charge is 0.368 e. The van der Waals surface area contributed by atoms with Gasteiger partial charge in [0.15, 0.2) is 0 Å². The smallest absolute Gasteiger partial charge is 0.323 e. The lowest BCUT2D eigenvalue weighted by atomic mass is 10.1. The van der Waals surface area contributed by atoms with Crippen molar-refractivity contribution in [1.29, 1.82) is 0 Å². The summed E-state index contributed by atoms with van der Waals surface area (Å²) in [5.41, 5.74) is 13.3. The number of carbonyl (C=O) groups excluding carboxylic acids is 4. The van der Waals surface area contributed by atoms with Gasteiger partial charge in [-0.3, -0.25) is 19.2 Å². The summed E-state index contributed by atoms with van der Waals surface area (Å²) in [5, 5.41) is 4.70. The predicted octanol–water partition coefficient (Wildman–Crippen LogP) is -2.72. The van der Waals surface area contributed by atoms with E-state index in [1.54, 1.807) is 19.0 Å². The Bertz CT molecular complexity index is 484. The number of Topliss-reactive ketones (excluding diaryl/α,β-unsaturated/α-hetero) is 1. The molecule has 0 spiro atoms. The fourth-order valence-electron chi connectivity index (χ4n) is 1.47. The van der Waals surface area contributed by atoms with Crippen LogP contribution in [0.15, 0.2) is 0 Å². The summed E-state index contributed by atoms with van der Waals surface area (Å²) in [4.78, 5) is 49.5. The first-order chi connectivity index (χ1) is 10.3. The maximum absolute atomic E-state index is 11.6. The number of amides is 3. The van der Waals surface area contributed by atoms with Crippen LogP contribution in [0.25, 0.3) is 5.53 Å². The number of nitrogens with one attached hydrogen (secondary N) is 2. The van der Waals surface area contributed by atoms with Crippen molar-refractivity contribution in [2.45, 2.75) is 18.9 Å². The van der Waals surface area contributed by atoms with Gasteiger partial charge in [0.25, 0.3) is 0 Å². The Labute approximate surface area is 127 Å². The van der Waals surface area contributed by atoms with E-state index in [9.17, 15) is 19.2 Å². The van der Waals surface area contributed by atoms with Crippen LogP contribution >= 0.6 is 0 Å². The second kappa shape index (κ2) is 10.2. The van der Waals surface area contributed by atoms with Gasteiger partial charge in [-0.05, 0) is 20.5 Å². The average molecular weight is 312 g/mol. The second-order valence-electron chi connectivity index (χ2n) is 4.79. The Balaban J connectivity index is 4.30.